The van der Waals surface area contributed by atoms with E-state index in [1.165, 1.54) is 0 Å². The molecule has 0 aliphatic carbocycles. The van der Waals surface area contributed by atoms with Crippen molar-refractivity contribution in [2.24, 2.45) is 5.73 Å². The van der Waals surface area contributed by atoms with Gasteiger partial charge in [-0.1, -0.05) is 31.9 Å². The van der Waals surface area contributed by atoms with Gasteiger partial charge in [-0.15, -0.1) is 0 Å². The molecule has 1 aromatic carbocycles. The molecule has 0 unspecified atom stereocenters. The molecule has 0 radical (unpaired) electrons. The standard InChI is InChI=1S/C14H10Br2N4/c15-9-1-10(16)3-11(2-9)20-6-8-5-19-14(18)12(4-17)13(8)7-20/h1-3,5,7,19H,6,18H2. The molecule has 2 heterocycles. The van der Waals surface area contributed by atoms with Crippen molar-refractivity contribution in [3.63, 3.8) is 0 Å². The summed E-state index contributed by atoms with van der Waals surface area (Å²) in [5, 5.41) is 12.2. The van der Waals surface area contributed by atoms with Crippen LogP contribution in [0.25, 0.3) is 0 Å². The number of anilines is 1. The van der Waals surface area contributed by atoms with Crippen LogP contribution in [0.15, 0.2) is 62.1 Å². The quantitative estimate of drug-likeness (QED) is 0.769. The number of nitriles is 1. The SMILES string of the molecule is N#CC1=C(N)NC=C2CN(c3cc(Br)cc(Br)c3)C=C21. The number of hydrogen-bond donors (Lipinski definition) is 2. The number of halogens is 2. The molecule has 0 saturated heterocycles. The summed E-state index contributed by atoms with van der Waals surface area (Å²) < 4.78 is 2.00. The third-order valence-corrected chi connectivity index (χ3v) is 4.12. The molecule has 6 heteroatoms. The number of nitrogens with zero attached hydrogens (tertiary/aromatic N) is 2. The first-order chi connectivity index (χ1) is 9.58. The summed E-state index contributed by atoms with van der Waals surface area (Å²) >= 11 is 6.97. The fourth-order valence-corrected chi connectivity index (χ4v) is 3.54. The van der Waals surface area contributed by atoms with Gasteiger partial charge in [-0.2, -0.15) is 5.26 Å². The molecule has 3 N–H and O–H groups in total. The van der Waals surface area contributed by atoms with E-state index in [0.29, 0.717) is 17.9 Å². The summed E-state index contributed by atoms with van der Waals surface area (Å²) in [5.74, 6) is 0.403. The molecular weight excluding hydrogens is 384 g/mol. The fourth-order valence-electron chi connectivity index (χ4n) is 2.28. The van der Waals surface area contributed by atoms with Crippen LogP contribution >= 0.6 is 31.9 Å². The Kier molecular flexibility index (Phi) is 3.32. The van der Waals surface area contributed by atoms with Gasteiger partial charge in [0.05, 0.1) is 0 Å². The number of fused-ring (bicyclic) bond motifs is 1. The highest BCUT2D eigenvalue weighted by molar-refractivity contribution is 9.11. The highest BCUT2D eigenvalue weighted by atomic mass is 79.9. The van der Waals surface area contributed by atoms with Gasteiger partial charge in [0.1, 0.15) is 17.5 Å². The summed E-state index contributed by atoms with van der Waals surface area (Å²) in [6, 6.07) is 8.21. The van der Waals surface area contributed by atoms with E-state index in [-0.39, 0.29) is 0 Å². The maximum absolute atomic E-state index is 9.22. The third-order valence-electron chi connectivity index (χ3n) is 3.20. The van der Waals surface area contributed by atoms with Crippen molar-refractivity contribution in [3.8, 4) is 6.07 Å². The molecule has 2 aliphatic rings. The van der Waals surface area contributed by atoms with Crippen LogP contribution in [0.5, 0.6) is 0 Å². The van der Waals surface area contributed by atoms with Gasteiger partial charge < -0.3 is 16.0 Å². The van der Waals surface area contributed by atoms with E-state index >= 15 is 0 Å². The van der Waals surface area contributed by atoms with E-state index in [1.807, 2.05) is 30.6 Å². The van der Waals surface area contributed by atoms with Gasteiger partial charge in [-0.3, -0.25) is 0 Å². The highest BCUT2D eigenvalue weighted by Gasteiger charge is 2.26. The molecule has 0 aromatic heterocycles. The van der Waals surface area contributed by atoms with E-state index in [1.54, 1.807) is 0 Å². The Bertz CT molecular complexity index is 705. The van der Waals surface area contributed by atoms with Crippen LogP contribution < -0.4 is 16.0 Å². The zero-order valence-electron chi connectivity index (χ0n) is 10.3. The molecule has 0 amide bonds. The van der Waals surface area contributed by atoms with Crippen molar-refractivity contribution < 1.29 is 0 Å². The number of hydrogen-bond acceptors (Lipinski definition) is 4. The van der Waals surface area contributed by atoms with Crippen molar-refractivity contribution in [1.82, 2.24) is 5.32 Å². The van der Waals surface area contributed by atoms with Gasteiger partial charge in [-0.05, 0) is 23.8 Å². The van der Waals surface area contributed by atoms with E-state index in [9.17, 15) is 5.26 Å². The van der Waals surface area contributed by atoms with E-state index in [4.69, 9.17) is 5.73 Å². The molecule has 100 valence electrons. The second-order valence-electron chi connectivity index (χ2n) is 4.51. The molecular formula is C14H10Br2N4. The minimum Gasteiger partial charge on any atom is -0.384 e. The van der Waals surface area contributed by atoms with Crippen molar-refractivity contribution >= 4 is 37.5 Å². The number of dihydropyridines is 1. The molecule has 0 bridgehead atoms. The molecule has 0 spiro atoms. The zero-order valence-corrected chi connectivity index (χ0v) is 13.5. The maximum atomic E-state index is 9.22. The summed E-state index contributed by atoms with van der Waals surface area (Å²) in [6.45, 7) is 0.712. The van der Waals surface area contributed by atoms with Gasteiger partial charge in [0.2, 0.25) is 0 Å². The lowest BCUT2D eigenvalue weighted by Gasteiger charge is -2.17. The summed E-state index contributed by atoms with van der Waals surface area (Å²) in [5.41, 5.74) is 9.30. The molecule has 0 saturated carbocycles. The van der Waals surface area contributed by atoms with Crippen LogP contribution in [0.2, 0.25) is 0 Å². The minimum absolute atomic E-state index is 0.403. The van der Waals surface area contributed by atoms with Crippen molar-refractivity contribution in [2.75, 3.05) is 11.4 Å². The molecule has 0 atom stereocenters. The maximum Gasteiger partial charge on any atom is 0.119 e. The summed E-state index contributed by atoms with van der Waals surface area (Å²) in [6.07, 6.45) is 3.82. The Hall–Kier alpha value is -1.71. The normalized spacial score (nSPS) is 17.1. The molecule has 4 nitrogen and oxygen atoms in total. The largest absolute Gasteiger partial charge is 0.384 e. The first kappa shape index (κ1) is 13.3. The Labute approximate surface area is 133 Å². The smallest absolute Gasteiger partial charge is 0.119 e. The topological polar surface area (TPSA) is 65.1 Å². The highest BCUT2D eigenvalue weighted by Crippen LogP contribution is 2.34. The average Bonchev–Trinajstić information content (AvgIpc) is 2.81. The van der Waals surface area contributed by atoms with Crippen LogP contribution in [-0.2, 0) is 0 Å². The summed E-state index contributed by atoms with van der Waals surface area (Å²) in [7, 11) is 0. The van der Waals surface area contributed by atoms with Crippen LogP contribution in [0.1, 0.15) is 0 Å². The van der Waals surface area contributed by atoms with Crippen LogP contribution in [-0.4, -0.2) is 6.54 Å². The lowest BCUT2D eigenvalue weighted by Crippen LogP contribution is -2.22. The fraction of sp³-hybridized carbons (Fsp3) is 0.0714. The van der Waals surface area contributed by atoms with Crippen LogP contribution in [0.3, 0.4) is 0 Å². The average molecular weight is 394 g/mol. The van der Waals surface area contributed by atoms with E-state index < -0.39 is 0 Å². The van der Waals surface area contributed by atoms with E-state index in [0.717, 1.165) is 25.8 Å². The van der Waals surface area contributed by atoms with Gasteiger partial charge in [0.15, 0.2) is 0 Å². The van der Waals surface area contributed by atoms with Gasteiger partial charge in [0.25, 0.3) is 0 Å². The van der Waals surface area contributed by atoms with Gasteiger partial charge in [-0.25, -0.2) is 0 Å². The van der Waals surface area contributed by atoms with Crippen molar-refractivity contribution in [1.29, 1.82) is 5.26 Å². The number of nitrogens with two attached hydrogens (primary N) is 1. The predicted octanol–water partition coefficient (Wildman–Crippen LogP) is 3.10. The van der Waals surface area contributed by atoms with Gasteiger partial charge >= 0.3 is 0 Å². The van der Waals surface area contributed by atoms with Crippen molar-refractivity contribution in [3.05, 3.63) is 62.1 Å². The second kappa shape index (κ2) is 5.00. The van der Waals surface area contributed by atoms with Crippen molar-refractivity contribution in [2.45, 2.75) is 0 Å². The molecule has 20 heavy (non-hydrogen) atoms. The van der Waals surface area contributed by atoms with Crippen LogP contribution in [0.4, 0.5) is 5.69 Å². The lowest BCUT2D eigenvalue weighted by molar-refractivity contribution is 0.961. The molecule has 0 fully saturated rings. The number of benzene rings is 1. The minimum atomic E-state index is 0.403. The molecule has 1 aromatic rings. The lowest BCUT2D eigenvalue weighted by atomic mass is 10.0. The van der Waals surface area contributed by atoms with Gasteiger partial charge in [0, 0.05) is 39.2 Å². The Morgan fingerprint density at radius 2 is 1.95 bits per heavy atom. The first-order valence-electron chi connectivity index (χ1n) is 5.89. The molecule has 2 aliphatic heterocycles. The third kappa shape index (κ3) is 2.23. The monoisotopic (exact) mass is 392 g/mol. The number of nitrogens with one attached hydrogen (secondary N) is 1. The van der Waals surface area contributed by atoms with Crippen LogP contribution in [0, 0.1) is 11.3 Å². The Morgan fingerprint density at radius 3 is 2.60 bits per heavy atom. The number of rotatable bonds is 1. The Balaban J connectivity index is 2.02. The predicted molar refractivity (Wildman–Crippen MR) is 85.3 cm³/mol. The second-order valence-corrected chi connectivity index (χ2v) is 6.34. The zero-order chi connectivity index (χ0) is 14.3. The summed E-state index contributed by atoms with van der Waals surface area (Å²) in [4.78, 5) is 2.09. The number of allylic oxidation sites excluding steroid dienone is 1. The van der Waals surface area contributed by atoms with E-state index in [2.05, 4.69) is 48.1 Å². The Morgan fingerprint density at radius 1 is 1.25 bits per heavy atom. The first-order valence-corrected chi connectivity index (χ1v) is 7.48. The molecule has 3 rings (SSSR count).